The predicted molar refractivity (Wildman–Crippen MR) is 94.5 cm³/mol. The molecule has 1 atom stereocenters. The first-order valence-corrected chi connectivity index (χ1v) is 8.03. The Hall–Kier alpha value is -3.65. The number of rotatable bonds is 3. The van der Waals surface area contributed by atoms with Gasteiger partial charge in [0.15, 0.2) is 6.04 Å². The van der Waals surface area contributed by atoms with E-state index in [4.69, 9.17) is 4.74 Å². The summed E-state index contributed by atoms with van der Waals surface area (Å²) in [5, 5.41) is 9.63. The molecule has 1 heterocycles. The smallest absolute Gasteiger partial charge is 0.260 e. The number of hydrogen-bond donors (Lipinski definition) is 0. The number of para-hydroxylation sites is 1. The standard InChI is InChI=1S/C21H13FN2O2/c22-14-5-4-6-15(11-14)24-20(13-23)19-12-17(9-10-18(19)21(24)25)26-16-7-2-1-3-8-16/h1-12,20H. The summed E-state index contributed by atoms with van der Waals surface area (Å²) < 4.78 is 19.4. The summed E-state index contributed by atoms with van der Waals surface area (Å²) in [5.74, 6) is 0.399. The van der Waals surface area contributed by atoms with Crippen molar-refractivity contribution in [1.82, 2.24) is 0 Å². The number of anilines is 1. The lowest BCUT2D eigenvalue weighted by Crippen LogP contribution is -2.26. The number of carbonyl (C=O) groups is 1. The average Bonchev–Trinajstić information content (AvgIpc) is 2.94. The van der Waals surface area contributed by atoms with Gasteiger partial charge in [-0.3, -0.25) is 9.69 Å². The van der Waals surface area contributed by atoms with E-state index < -0.39 is 11.9 Å². The Bertz CT molecular complexity index is 1030. The summed E-state index contributed by atoms with van der Waals surface area (Å²) in [5.41, 5.74) is 1.32. The third-order valence-electron chi connectivity index (χ3n) is 4.21. The molecule has 1 aliphatic rings. The van der Waals surface area contributed by atoms with Gasteiger partial charge in [0.05, 0.1) is 6.07 Å². The van der Waals surface area contributed by atoms with Crippen LogP contribution in [-0.2, 0) is 0 Å². The Labute approximate surface area is 149 Å². The van der Waals surface area contributed by atoms with Crippen molar-refractivity contribution >= 4 is 11.6 Å². The van der Waals surface area contributed by atoms with Crippen LogP contribution in [0, 0.1) is 17.1 Å². The number of fused-ring (bicyclic) bond motifs is 1. The number of hydrogen-bond acceptors (Lipinski definition) is 3. The SMILES string of the molecule is N#CC1c2cc(Oc3ccccc3)ccc2C(=O)N1c1cccc(F)c1. The maximum absolute atomic E-state index is 13.6. The van der Waals surface area contributed by atoms with Crippen molar-refractivity contribution in [3.8, 4) is 17.6 Å². The maximum Gasteiger partial charge on any atom is 0.260 e. The Morgan fingerprint density at radius 3 is 2.50 bits per heavy atom. The minimum atomic E-state index is -0.835. The summed E-state index contributed by atoms with van der Waals surface area (Å²) in [6.07, 6.45) is 0. The molecule has 0 bridgehead atoms. The number of carbonyl (C=O) groups excluding carboxylic acids is 1. The molecule has 1 unspecified atom stereocenters. The quantitative estimate of drug-likeness (QED) is 0.683. The van der Waals surface area contributed by atoms with Gasteiger partial charge in [-0.05, 0) is 48.5 Å². The lowest BCUT2D eigenvalue weighted by Gasteiger charge is -2.20. The molecule has 0 N–H and O–H groups in total. The van der Waals surface area contributed by atoms with E-state index in [1.807, 2.05) is 30.3 Å². The van der Waals surface area contributed by atoms with Crippen molar-refractivity contribution in [3.05, 3.63) is 89.7 Å². The molecule has 5 heteroatoms. The zero-order valence-electron chi connectivity index (χ0n) is 13.6. The first kappa shape index (κ1) is 15.9. The largest absolute Gasteiger partial charge is 0.457 e. The number of amides is 1. The molecular weight excluding hydrogens is 331 g/mol. The highest BCUT2D eigenvalue weighted by Crippen LogP contribution is 2.39. The molecular formula is C21H13FN2O2. The highest BCUT2D eigenvalue weighted by atomic mass is 19.1. The Kier molecular flexibility index (Phi) is 3.86. The second-order valence-corrected chi connectivity index (χ2v) is 5.85. The number of benzene rings is 3. The zero-order chi connectivity index (χ0) is 18.1. The van der Waals surface area contributed by atoms with Crippen LogP contribution in [-0.4, -0.2) is 5.91 Å². The minimum Gasteiger partial charge on any atom is -0.457 e. The molecule has 3 aromatic rings. The van der Waals surface area contributed by atoms with Gasteiger partial charge >= 0.3 is 0 Å². The van der Waals surface area contributed by atoms with Gasteiger partial charge in [-0.1, -0.05) is 24.3 Å². The second-order valence-electron chi connectivity index (χ2n) is 5.85. The van der Waals surface area contributed by atoms with Gasteiger partial charge in [-0.25, -0.2) is 4.39 Å². The highest BCUT2D eigenvalue weighted by molar-refractivity contribution is 6.11. The lowest BCUT2D eigenvalue weighted by molar-refractivity contribution is 0.0994. The molecule has 0 aromatic heterocycles. The number of halogens is 1. The third-order valence-corrected chi connectivity index (χ3v) is 4.21. The predicted octanol–water partition coefficient (Wildman–Crippen LogP) is 4.84. The molecule has 126 valence electrons. The number of nitrogens with zero attached hydrogens (tertiary/aromatic N) is 2. The summed E-state index contributed by atoms with van der Waals surface area (Å²) >= 11 is 0. The number of ether oxygens (including phenoxy) is 1. The Morgan fingerprint density at radius 2 is 1.77 bits per heavy atom. The van der Waals surface area contributed by atoms with Crippen LogP contribution in [0.15, 0.2) is 72.8 Å². The summed E-state index contributed by atoms with van der Waals surface area (Å²) in [4.78, 5) is 14.1. The van der Waals surface area contributed by atoms with E-state index in [1.54, 1.807) is 24.3 Å². The normalized spacial score (nSPS) is 15.5. The first-order valence-electron chi connectivity index (χ1n) is 8.03. The molecule has 1 aliphatic heterocycles. The van der Waals surface area contributed by atoms with Crippen LogP contribution in [0.2, 0.25) is 0 Å². The van der Waals surface area contributed by atoms with E-state index in [0.29, 0.717) is 28.3 Å². The topological polar surface area (TPSA) is 53.3 Å². The summed E-state index contributed by atoms with van der Waals surface area (Å²) in [7, 11) is 0. The summed E-state index contributed by atoms with van der Waals surface area (Å²) in [6, 6.07) is 21.2. The second kappa shape index (κ2) is 6.34. The molecule has 0 spiro atoms. The van der Waals surface area contributed by atoms with Crippen molar-refractivity contribution in [2.24, 2.45) is 0 Å². The molecule has 26 heavy (non-hydrogen) atoms. The van der Waals surface area contributed by atoms with Crippen molar-refractivity contribution in [1.29, 1.82) is 5.26 Å². The van der Waals surface area contributed by atoms with Crippen molar-refractivity contribution in [2.75, 3.05) is 4.90 Å². The van der Waals surface area contributed by atoms with Crippen molar-refractivity contribution in [2.45, 2.75) is 6.04 Å². The van der Waals surface area contributed by atoms with Gasteiger partial charge in [0, 0.05) is 16.8 Å². The lowest BCUT2D eigenvalue weighted by atomic mass is 10.1. The van der Waals surface area contributed by atoms with Gasteiger partial charge < -0.3 is 4.74 Å². The fraction of sp³-hybridized carbons (Fsp3) is 0.0476. The molecule has 0 saturated heterocycles. The molecule has 3 aromatic carbocycles. The zero-order valence-corrected chi connectivity index (χ0v) is 13.6. The van der Waals surface area contributed by atoms with Gasteiger partial charge in [0.25, 0.3) is 5.91 Å². The van der Waals surface area contributed by atoms with Gasteiger partial charge in [0.2, 0.25) is 0 Å². The fourth-order valence-electron chi connectivity index (χ4n) is 3.06. The van der Waals surface area contributed by atoms with Crippen LogP contribution in [0.25, 0.3) is 0 Å². The van der Waals surface area contributed by atoms with Crippen molar-refractivity contribution < 1.29 is 13.9 Å². The van der Waals surface area contributed by atoms with Crippen LogP contribution >= 0.6 is 0 Å². The van der Waals surface area contributed by atoms with Gasteiger partial charge in [-0.15, -0.1) is 0 Å². The van der Waals surface area contributed by atoms with Crippen LogP contribution in [0.3, 0.4) is 0 Å². The molecule has 0 saturated carbocycles. The number of nitriles is 1. The van der Waals surface area contributed by atoms with Crippen LogP contribution in [0.1, 0.15) is 22.0 Å². The molecule has 4 rings (SSSR count). The fourth-order valence-corrected chi connectivity index (χ4v) is 3.06. The van der Waals surface area contributed by atoms with Crippen LogP contribution in [0.4, 0.5) is 10.1 Å². The molecule has 0 fully saturated rings. The minimum absolute atomic E-state index is 0.330. The van der Waals surface area contributed by atoms with E-state index in [0.717, 1.165) is 0 Å². The van der Waals surface area contributed by atoms with Crippen LogP contribution < -0.4 is 9.64 Å². The first-order chi connectivity index (χ1) is 12.7. The average molecular weight is 344 g/mol. The molecule has 4 nitrogen and oxygen atoms in total. The maximum atomic E-state index is 13.6. The molecule has 0 radical (unpaired) electrons. The van der Waals surface area contributed by atoms with Gasteiger partial charge in [-0.2, -0.15) is 5.26 Å². The molecule has 0 aliphatic carbocycles. The van der Waals surface area contributed by atoms with E-state index in [2.05, 4.69) is 6.07 Å². The van der Waals surface area contributed by atoms with E-state index in [1.165, 1.54) is 23.1 Å². The molecule has 1 amide bonds. The Balaban J connectivity index is 1.72. The van der Waals surface area contributed by atoms with E-state index in [9.17, 15) is 14.4 Å². The third kappa shape index (κ3) is 2.68. The summed E-state index contributed by atoms with van der Waals surface area (Å²) in [6.45, 7) is 0. The van der Waals surface area contributed by atoms with Gasteiger partial charge in [0.1, 0.15) is 17.3 Å². The van der Waals surface area contributed by atoms with E-state index in [-0.39, 0.29) is 5.91 Å². The monoisotopic (exact) mass is 344 g/mol. The van der Waals surface area contributed by atoms with E-state index >= 15 is 0 Å². The van der Waals surface area contributed by atoms with Crippen molar-refractivity contribution in [3.63, 3.8) is 0 Å². The Morgan fingerprint density at radius 1 is 0.962 bits per heavy atom. The highest BCUT2D eigenvalue weighted by Gasteiger charge is 2.38. The van der Waals surface area contributed by atoms with Crippen LogP contribution in [0.5, 0.6) is 11.5 Å².